The van der Waals surface area contributed by atoms with Gasteiger partial charge in [-0.3, -0.25) is 0 Å². The minimum Gasteiger partial charge on any atom is -0.377 e. The average molecular weight is 637 g/mol. The van der Waals surface area contributed by atoms with Gasteiger partial charge in [0, 0.05) is 31.0 Å². The van der Waals surface area contributed by atoms with E-state index in [1.54, 1.807) is 31.1 Å². The monoisotopic (exact) mass is 636 g/mol. The molecule has 5 aromatic rings. The second-order valence-electron chi connectivity index (χ2n) is 11.4. The van der Waals surface area contributed by atoms with Crippen LogP contribution >= 0.6 is 11.3 Å². The van der Waals surface area contributed by atoms with Crippen LogP contribution in [0.1, 0.15) is 36.2 Å². The Morgan fingerprint density at radius 1 is 1.00 bits per heavy atom. The number of thiophene rings is 1. The molecule has 0 radical (unpaired) electrons. The highest BCUT2D eigenvalue weighted by molar-refractivity contribution is 7.26. The topological polar surface area (TPSA) is 135 Å². The molecule has 0 saturated carbocycles. The lowest BCUT2D eigenvalue weighted by Crippen LogP contribution is -2.33. The number of fused-ring (bicyclic) bond motifs is 5. The Hall–Kier alpha value is -3.30. The van der Waals surface area contributed by atoms with Crippen LogP contribution in [0.4, 0.5) is 5.82 Å². The minimum absolute atomic E-state index is 0.269. The number of aromatic nitrogens is 5. The van der Waals surface area contributed by atoms with E-state index in [0.717, 1.165) is 73.5 Å². The van der Waals surface area contributed by atoms with Crippen LogP contribution in [0.15, 0.2) is 30.9 Å². The molecule has 0 fully saturated rings. The third-order valence-electron chi connectivity index (χ3n) is 7.66. The zero-order valence-electron chi connectivity index (χ0n) is 26.0. The van der Waals surface area contributed by atoms with Crippen LogP contribution in [-0.2, 0) is 54.5 Å². The van der Waals surface area contributed by atoms with Crippen LogP contribution in [0.2, 0.25) is 0 Å². The number of imidazole rings is 1. The average Bonchev–Trinajstić information content (AvgIpc) is 3.65. The molecule has 2 N–H and O–H groups in total. The number of benzene rings is 1. The highest BCUT2D eigenvalue weighted by atomic mass is 32.1. The van der Waals surface area contributed by atoms with E-state index < -0.39 is 0 Å². The van der Waals surface area contributed by atoms with Crippen LogP contribution in [0.25, 0.3) is 31.5 Å². The van der Waals surface area contributed by atoms with Gasteiger partial charge in [0.2, 0.25) is 0 Å². The SMILES string of the molecule is COCOCCOCCOCCOCc1c2c(nc3sc4c(NCCc5ccc6[nH]cnc6c5)ncnc4c13)CC(C)(C)OC2. The van der Waals surface area contributed by atoms with Gasteiger partial charge in [0.25, 0.3) is 0 Å². The lowest BCUT2D eigenvalue weighted by Gasteiger charge is -2.32. The van der Waals surface area contributed by atoms with Crippen molar-refractivity contribution in [3.63, 3.8) is 0 Å². The third-order valence-corrected chi connectivity index (χ3v) is 8.74. The Morgan fingerprint density at radius 2 is 1.80 bits per heavy atom. The van der Waals surface area contributed by atoms with Gasteiger partial charge in [0.1, 0.15) is 23.8 Å². The summed E-state index contributed by atoms with van der Waals surface area (Å²) in [6.45, 7) is 9.01. The number of methoxy groups -OCH3 is 1. The van der Waals surface area contributed by atoms with Crippen molar-refractivity contribution in [2.24, 2.45) is 0 Å². The molecule has 6 rings (SSSR count). The lowest BCUT2D eigenvalue weighted by molar-refractivity contribution is -0.0569. The van der Waals surface area contributed by atoms with Gasteiger partial charge in [0.05, 0.1) is 91.7 Å². The predicted molar refractivity (Wildman–Crippen MR) is 173 cm³/mol. The fraction of sp³-hybridized carbons (Fsp3) is 0.500. The molecule has 5 heterocycles. The first kappa shape index (κ1) is 31.7. The van der Waals surface area contributed by atoms with Gasteiger partial charge < -0.3 is 38.7 Å². The maximum absolute atomic E-state index is 6.23. The second kappa shape index (κ2) is 14.9. The number of anilines is 1. The van der Waals surface area contributed by atoms with Crippen molar-refractivity contribution in [3.8, 4) is 0 Å². The Balaban J connectivity index is 1.13. The molecule has 1 aliphatic rings. The van der Waals surface area contributed by atoms with E-state index in [2.05, 4.69) is 52.3 Å². The van der Waals surface area contributed by atoms with Crippen molar-refractivity contribution < 1.29 is 28.4 Å². The largest absolute Gasteiger partial charge is 0.377 e. The first-order valence-corrected chi connectivity index (χ1v) is 16.0. The third kappa shape index (κ3) is 7.75. The van der Waals surface area contributed by atoms with E-state index in [-0.39, 0.29) is 12.4 Å². The normalized spacial score (nSPS) is 14.5. The summed E-state index contributed by atoms with van der Waals surface area (Å²) in [5, 5.41) is 4.55. The zero-order chi connectivity index (χ0) is 31.1. The molecule has 4 aromatic heterocycles. The number of hydrogen-bond donors (Lipinski definition) is 2. The van der Waals surface area contributed by atoms with Crippen LogP contribution < -0.4 is 5.32 Å². The molecule has 1 aromatic carbocycles. The van der Waals surface area contributed by atoms with Crippen molar-refractivity contribution in [2.75, 3.05) is 65.4 Å². The Kier molecular flexibility index (Phi) is 10.5. The molecule has 0 amide bonds. The van der Waals surface area contributed by atoms with Crippen molar-refractivity contribution in [1.29, 1.82) is 0 Å². The van der Waals surface area contributed by atoms with E-state index in [1.165, 1.54) is 5.56 Å². The summed E-state index contributed by atoms with van der Waals surface area (Å²) in [7, 11) is 1.59. The summed E-state index contributed by atoms with van der Waals surface area (Å²) in [5.74, 6) is 0.811. The molecule has 0 spiro atoms. The molecule has 12 nitrogen and oxygen atoms in total. The molecular weight excluding hydrogens is 596 g/mol. The smallest absolute Gasteiger partial charge is 0.147 e. The van der Waals surface area contributed by atoms with Gasteiger partial charge in [-0.25, -0.2) is 19.9 Å². The first-order valence-electron chi connectivity index (χ1n) is 15.2. The van der Waals surface area contributed by atoms with Gasteiger partial charge in [-0.2, -0.15) is 0 Å². The summed E-state index contributed by atoms with van der Waals surface area (Å²) in [4.78, 5) is 22.9. The molecule has 0 saturated heterocycles. The van der Waals surface area contributed by atoms with Crippen molar-refractivity contribution in [1.82, 2.24) is 24.9 Å². The number of ether oxygens (including phenoxy) is 6. The quantitative estimate of drug-likeness (QED) is 0.108. The van der Waals surface area contributed by atoms with Crippen LogP contribution in [0.3, 0.4) is 0 Å². The Morgan fingerprint density at radius 3 is 2.62 bits per heavy atom. The molecular formula is C32H40N6O6S. The van der Waals surface area contributed by atoms with Crippen molar-refractivity contribution in [3.05, 3.63) is 53.2 Å². The highest BCUT2D eigenvalue weighted by Crippen LogP contribution is 2.41. The number of rotatable bonds is 17. The van der Waals surface area contributed by atoms with Gasteiger partial charge >= 0.3 is 0 Å². The van der Waals surface area contributed by atoms with Crippen molar-refractivity contribution >= 4 is 48.6 Å². The van der Waals surface area contributed by atoms with Gasteiger partial charge in [0.15, 0.2) is 0 Å². The zero-order valence-corrected chi connectivity index (χ0v) is 26.8. The van der Waals surface area contributed by atoms with E-state index in [9.17, 15) is 0 Å². The number of aromatic amines is 1. The van der Waals surface area contributed by atoms with E-state index >= 15 is 0 Å². The molecule has 0 atom stereocenters. The molecule has 13 heteroatoms. The minimum atomic E-state index is -0.278. The molecule has 0 unspecified atom stereocenters. The predicted octanol–water partition coefficient (Wildman–Crippen LogP) is 4.79. The number of hydrogen-bond acceptors (Lipinski definition) is 12. The number of nitrogens with zero attached hydrogens (tertiary/aromatic N) is 4. The van der Waals surface area contributed by atoms with Gasteiger partial charge in [-0.05, 0) is 43.5 Å². The lowest BCUT2D eigenvalue weighted by atomic mass is 9.92. The fourth-order valence-corrected chi connectivity index (χ4v) is 6.56. The Bertz CT molecular complexity index is 1720. The summed E-state index contributed by atoms with van der Waals surface area (Å²) in [6, 6.07) is 6.31. The molecule has 1 aliphatic heterocycles. The van der Waals surface area contributed by atoms with Crippen LogP contribution in [0, 0.1) is 0 Å². The maximum atomic E-state index is 6.23. The van der Waals surface area contributed by atoms with Gasteiger partial charge in [-0.15, -0.1) is 11.3 Å². The highest BCUT2D eigenvalue weighted by Gasteiger charge is 2.31. The van der Waals surface area contributed by atoms with Crippen LogP contribution in [-0.4, -0.2) is 90.6 Å². The summed E-state index contributed by atoms with van der Waals surface area (Å²) >= 11 is 1.62. The van der Waals surface area contributed by atoms with E-state index in [4.69, 9.17) is 38.4 Å². The van der Waals surface area contributed by atoms with E-state index in [0.29, 0.717) is 52.9 Å². The number of H-pyrrole nitrogens is 1. The summed E-state index contributed by atoms with van der Waals surface area (Å²) in [5.41, 5.74) is 7.05. The molecule has 240 valence electrons. The fourth-order valence-electron chi connectivity index (χ4n) is 5.42. The molecule has 45 heavy (non-hydrogen) atoms. The van der Waals surface area contributed by atoms with Crippen LogP contribution in [0.5, 0.6) is 0 Å². The van der Waals surface area contributed by atoms with Gasteiger partial charge in [-0.1, -0.05) is 6.07 Å². The molecule has 0 bridgehead atoms. The maximum Gasteiger partial charge on any atom is 0.147 e. The number of nitrogens with one attached hydrogen (secondary N) is 2. The first-order chi connectivity index (χ1) is 22.0. The standard InChI is InChI=1S/C32H40N6O6S/c1-32(2)15-26-22(17-44-32)23(16-42-12-10-40-8-9-41-11-13-43-20-39-3)27-28-29(45-31(27)38-26)30(37-19-36-28)33-7-6-21-4-5-24-25(14-21)35-18-34-24/h4-5,14,18-19H,6-13,15-17,20H2,1-3H3,(H,34,35)(H,33,36,37). The Labute approximate surface area is 265 Å². The van der Waals surface area contributed by atoms with Crippen molar-refractivity contribution in [2.45, 2.75) is 45.5 Å². The van der Waals surface area contributed by atoms with E-state index in [1.807, 2.05) is 0 Å². The summed E-state index contributed by atoms with van der Waals surface area (Å²) < 4.78 is 34.6. The number of pyridine rings is 1. The molecule has 0 aliphatic carbocycles. The second-order valence-corrected chi connectivity index (χ2v) is 12.4. The summed E-state index contributed by atoms with van der Waals surface area (Å²) in [6.07, 6.45) is 4.92.